The van der Waals surface area contributed by atoms with Gasteiger partial charge in [-0.1, -0.05) is 32.9 Å². The smallest absolute Gasteiger partial charge is 0.131 e. The van der Waals surface area contributed by atoms with Crippen molar-refractivity contribution < 1.29 is 23.7 Å². The molecule has 0 aromatic heterocycles. The van der Waals surface area contributed by atoms with Crippen LogP contribution in [0.15, 0.2) is 36.4 Å². The van der Waals surface area contributed by atoms with Gasteiger partial charge in [0.15, 0.2) is 0 Å². The van der Waals surface area contributed by atoms with Gasteiger partial charge < -0.3 is 28.6 Å². The van der Waals surface area contributed by atoms with E-state index in [1.54, 1.807) is 0 Å². The van der Waals surface area contributed by atoms with Gasteiger partial charge in [0.1, 0.15) is 11.5 Å². The van der Waals surface area contributed by atoms with E-state index in [1.807, 2.05) is 0 Å². The SMILES string of the molecule is CC(C)(C)c1ccc(Oc2ccc(N(CC3CO3)CC3CO3)c(CC3CO3)c2CC2CO2)cc1. The van der Waals surface area contributed by atoms with Gasteiger partial charge in [-0.15, -0.1) is 0 Å². The normalized spacial score (nSPS) is 26.8. The molecular formula is C28H35NO5. The van der Waals surface area contributed by atoms with Crippen LogP contribution >= 0.6 is 0 Å². The number of ether oxygens (including phenoxy) is 5. The molecule has 0 spiro atoms. The predicted molar refractivity (Wildman–Crippen MR) is 130 cm³/mol. The highest BCUT2D eigenvalue weighted by Gasteiger charge is 2.35. The van der Waals surface area contributed by atoms with E-state index in [4.69, 9.17) is 23.7 Å². The van der Waals surface area contributed by atoms with Crippen molar-refractivity contribution in [3.05, 3.63) is 53.1 Å². The Morgan fingerprint density at radius 3 is 1.76 bits per heavy atom. The predicted octanol–water partition coefficient (Wildman–Crippen LogP) is 4.26. The first-order valence-corrected chi connectivity index (χ1v) is 12.6. The molecule has 0 bridgehead atoms. The van der Waals surface area contributed by atoms with E-state index in [9.17, 15) is 0 Å². The van der Waals surface area contributed by atoms with Gasteiger partial charge in [0, 0.05) is 37.2 Å². The molecular weight excluding hydrogens is 430 g/mol. The molecule has 4 atom stereocenters. The van der Waals surface area contributed by atoms with Crippen molar-refractivity contribution in [3.8, 4) is 11.5 Å². The van der Waals surface area contributed by atoms with E-state index in [1.165, 1.54) is 22.4 Å². The van der Waals surface area contributed by atoms with E-state index in [2.05, 4.69) is 62.1 Å². The zero-order valence-electron chi connectivity index (χ0n) is 20.4. The standard InChI is InChI=1S/C28H35NO5/c1-28(2,3)18-4-6-19(7-5-18)34-27-9-8-26(29(12-22-16-32-22)13-23-17-33-23)24(10-20-14-30-20)25(27)11-21-15-31-21/h4-9,20-23H,10-17H2,1-3H3. The Morgan fingerprint density at radius 2 is 1.26 bits per heavy atom. The van der Waals surface area contributed by atoms with Gasteiger partial charge in [0.25, 0.3) is 0 Å². The summed E-state index contributed by atoms with van der Waals surface area (Å²) in [6.07, 6.45) is 2.94. The summed E-state index contributed by atoms with van der Waals surface area (Å²) in [4.78, 5) is 2.45. The lowest BCUT2D eigenvalue weighted by molar-refractivity contribution is 0.387. The molecule has 0 saturated carbocycles. The maximum Gasteiger partial charge on any atom is 0.131 e. The summed E-state index contributed by atoms with van der Waals surface area (Å²) in [5.41, 5.74) is 5.24. The molecule has 2 aromatic rings. The summed E-state index contributed by atoms with van der Waals surface area (Å²) in [6, 6.07) is 12.8. The van der Waals surface area contributed by atoms with E-state index in [0.717, 1.165) is 63.9 Å². The van der Waals surface area contributed by atoms with Crippen LogP contribution in [0.1, 0.15) is 37.5 Å². The maximum absolute atomic E-state index is 6.51. The molecule has 0 radical (unpaired) electrons. The molecule has 6 heteroatoms. The molecule has 4 unspecified atom stereocenters. The maximum atomic E-state index is 6.51. The highest BCUT2D eigenvalue weighted by atomic mass is 16.6. The van der Waals surface area contributed by atoms with Crippen molar-refractivity contribution in [1.82, 2.24) is 0 Å². The highest BCUT2D eigenvalue weighted by Crippen LogP contribution is 2.39. The van der Waals surface area contributed by atoms with Crippen LogP contribution in [0.5, 0.6) is 11.5 Å². The van der Waals surface area contributed by atoms with Crippen LogP contribution in [0.4, 0.5) is 5.69 Å². The van der Waals surface area contributed by atoms with E-state index in [0.29, 0.717) is 12.2 Å². The Morgan fingerprint density at radius 1 is 0.735 bits per heavy atom. The summed E-state index contributed by atoms with van der Waals surface area (Å²) in [5, 5.41) is 0. The third-order valence-corrected chi connectivity index (χ3v) is 6.97. The fourth-order valence-corrected chi connectivity index (χ4v) is 4.59. The highest BCUT2D eigenvalue weighted by molar-refractivity contribution is 5.62. The molecule has 0 N–H and O–H groups in total. The van der Waals surface area contributed by atoms with Crippen LogP contribution < -0.4 is 9.64 Å². The lowest BCUT2D eigenvalue weighted by Crippen LogP contribution is -2.33. The Hall–Kier alpha value is -2.12. The summed E-state index contributed by atoms with van der Waals surface area (Å²) < 4.78 is 29.0. The Bertz CT molecular complexity index is 1000. The van der Waals surface area contributed by atoms with Crippen molar-refractivity contribution in [2.45, 2.75) is 63.4 Å². The van der Waals surface area contributed by atoms with Crippen molar-refractivity contribution in [1.29, 1.82) is 0 Å². The molecule has 6 rings (SSSR count). The molecule has 2 aromatic carbocycles. The van der Waals surface area contributed by atoms with Gasteiger partial charge >= 0.3 is 0 Å². The van der Waals surface area contributed by atoms with Crippen molar-refractivity contribution >= 4 is 5.69 Å². The topological polar surface area (TPSA) is 62.6 Å². The van der Waals surface area contributed by atoms with E-state index >= 15 is 0 Å². The number of epoxide rings is 4. The largest absolute Gasteiger partial charge is 0.457 e. The van der Waals surface area contributed by atoms with Crippen molar-refractivity contribution in [3.63, 3.8) is 0 Å². The number of anilines is 1. The molecule has 0 amide bonds. The summed E-state index contributed by atoms with van der Waals surface area (Å²) >= 11 is 0. The number of nitrogens with zero attached hydrogens (tertiary/aromatic N) is 1. The molecule has 34 heavy (non-hydrogen) atoms. The van der Waals surface area contributed by atoms with Gasteiger partial charge in [-0.2, -0.15) is 0 Å². The van der Waals surface area contributed by atoms with Gasteiger partial charge in [-0.25, -0.2) is 0 Å². The quantitative estimate of drug-likeness (QED) is 0.462. The van der Waals surface area contributed by atoms with Crippen LogP contribution in [0, 0.1) is 0 Å². The average Bonchev–Trinajstić information content (AvgIpc) is 3.60. The minimum absolute atomic E-state index is 0.117. The summed E-state index contributed by atoms with van der Waals surface area (Å²) in [7, 11) is 0. The minimum Gasteiger partial charge on any atom is -0.457 e. The fraction of sp³-hybridized carbons (Fsp3) is 0.571. The molecule has 4 aliphatic rings. The van der Waals surface area contributed by atoms with Crippen LogP contribution in [-0.4, -0.2) is 63.9 Å². The molecule has 0 aliphatic carbocycles. The van der Waals surface area contributed by atoms with E-state index < -0.39 is 0 Å². The number of benzene rings is 2. The first-order chi connectivity index (χ1) is 16.4. The monoisotopic (exact) mass is 465 g/mol. The van der Waals surface area contributed by atoms with Gasteiger partial charge in [-0.05, 0) is 40.8 Å². The summed E-state index contributed by atoms with van der Waals surface area (Å²) in [5.74, 6) is 1.78. The average molecular weight is 466 g/mol. The molecule has 4 fully saturated rings. The third-order valence-electron chi connectivity index (χ3n) is 6.97. The van der Waals surface area contributed by atoms with Gasteiger partial charge in [0.05, 0.1) is 50.8 Å². The second-order valence-corrected chi connectivity index (χ2v) is 11.1. The zero-order valence-corrected chi connectivity index (χ0v) is 20.4. The molecule has 4 saturated heterocycles. The van der Waals surface area contributed by atoms with Crippen LogP contribution in [0.25, 0.3) is 0 Å². The van der Waals surface area contributed by atoms with Gasteiger partial charge in [-0.3, -0.25) is 0 Å². The second-order valence-electron chi connectivity index (χ2n) is 11.1. The lowest BCUT2D eigenvalue weighted by Gasteiger charge is -2.28. The molecule has 4 heterocycles. The first kappa shape index (κ1) is 22.4. The molecule has 4 aliphatic heterocycles. The Labute approximate surface area is 202 Å². The lowest BCUT2D eigenvalue weighted by atomic mass is 9.87. The Kier molecular flexibility index (Phi) is 5.80. The Balaban J connectivity index is 1.34. The van der Waals surface area contributed by atoms with Crippen LogP contribution in [-0.2, 0) is 37.2 Å². The van der Waals surface area contributed by atoms with Crippen LogP contribution in [0.2, 0.25) is 0 Å². The van der Waals surface area contributed by atoms with Crippen molar-refractivity contribution in [2.24, 2.45) is 0 Å². The number of hydrogen-bond acceptors (Lipinski definition) is 6. The molecule has 182 valence electrons. The first-order valence-electron chi connectivity index (χ1n) is 12.6. The van der Waals surface area contributed by atoms with Crippen molar-refractivity contribution in [2.75, 3.05) is 44.4 Å². The van der Waals surface area contributed by atoms with Gasteiger partial charge in [0.2, 0.25) is 0 Å². The number of hydrogen-bond donors (Lipinski definition) is 0. The molecule has 6 nitrogen and oxygen atoms in total. The zero-order chi connectivity index (χ0) is 23.3. The third kappa shape index (κ3) is 5.57. The number of rotatable bonds is 11. The van der Waals surface area contributed by atoms with Crippen LogP contribution in [0.3, 0.4) is 0 Å². The minimum atomic E-state index is 0.117. The fourth-order valence-electron chi connectivity index (χ4n) is 4.59. The summed E-state index contributed by atoms with van der Waals surface area (Å²) in [6.45, 7) is 11.8. The van der Waals surface area contributed by atoms with E-state index in [-0.39, 0.29) is 17.6 Å². The second kappa shape index (κ2) is 8.83.